The number of benzene rings is 1. The third kappa shape index (κ3) is 1.67. The van der Waals surface area contributed by atoms with Crippen LogP contribution in [0.1, 0.15) is 11.1 Å². The van der Waals surface area contributed by atoms with Crippen molar-refractivity contribution in [2.45, 2.75) is 19.0 Å². The van der Waals surface area contributed by atoms with Crippen molar-refractivity contribution in [3.05, 3.63) is 34.3 Å². The molecule has 0 bridgehead atoms. The number of rotatable bonds is 0. The maximum Gasteiger partial charge on any atom is 0.0453 e. The predicted molar refractivity (Wildman–Crippen MR) is 62.2 cm³/mol. The van der Waals surface area contributed by atoms with E-state index < -0.39 is 0 Å². The normalized spacial score (nSPS) is 25.8. The van der Waals surface area contributed by atoms with E-state index in [2.05, 4.69) is 22.3 Å². The maximum absolute atomic E-state index is 6.23. The average molecular weight is 223 g/mol. The van der Waals surface area contributed by atoms with E-state index in [1.54, 1.807) is 0 Å². The van der Waals surface area contributed by atoms with Crippen LogP contribution in [0.2, 0.25) is 5.02 Å². The molecule has 0 amide bonds. The van der Waals surface area contributed by atoms with E-state index in [0.717, 1.165) is 37.6 Å². The van der Waals surface area contributed by atoms with E-state index in [1.165, 1.54) is 11.1 Å². The fourth-order valence-electron chi connectivity index (χ4n) is 2.64. The van der Waals surface area contributed by atoms with Gasteiger partial charge in [0, 0.05) is 37.2 Å². The summed E-state index contributed by atoms with van der Waals surface area (Å²) in [4.78, 5) is 2.55. The summed E-state index contributed by atoms with van der Waals surface area (Å²) >= 11 is 6.23. The highest BCUT2D eigenvalue weighted by molar-refractivity contribution is 6.31. The van der Waals surface area contributed by atoms with Crippen LogP contribution in [0.5, 0.6) is 0 Å². The van der Waals surface area contributed by atoms with Crippen LogP contribution in [0.25, 0.3) is 0 Å². The molecule has 1 saturated heterocycles. The highest BCUT2D eigenvalue weighted by Crippen LogP contribution is 2.29. The Morgan fingerprint density at radius 3 is 3.27 bits per heavy atom. The molecule has 0 spiro atoms. The number of nitrogens with zero attached hydrogens (tertiary/aromatic N) is 1. The predicted octanol–water partition coefficient (Wildman–Crippen LogP) is 1.67. The first-order chi connectivity index (χ1) is 7.34. The first-order valence-electron chi connectivity index (χ1n) is 5.55. The highest BCUT2D eigenvalue weighted by atomic mass is 35.5. The summed E-state index contributed by atoms with van der Waals surface area (Å²) in [6, 6.07) is 6.95. The van der Waals surface area contributed by atoms with Gasteiger partial charge in [0.1, 0.15) is 0 Å². The molecule has 1 aromatic carbocycles. The van der Waals surface area contributed by atoms with Gasteiger partial charge >= 0.3 is 0 Å². The lowest BCUT2D eigenvalue weighted by molar-refractivity contribution is 0.140. The first-order valence-corrected chi connectivity index (χ1v) is 5.93. The van der Waals surface area contributed by atoms with Gasteiger partial charge in [-0.3, -0.25) is 4.90 Å². The molecule has 1 fully saturated rings. The SMILES string of the molecule is Clc1cccc2c1CN1CCNCC1C2. The van der Waals surface area contributed by atoms with Gasteiger partial charge in [-0.2, -0.15) is 0 Å². The van der Waals surface area contributed by atoms with Gasteiger partial charge in [-0.1, -0.05) is 23.7 Å². The molecule has 2 heterocycles. The number of hydrogen-bond acceptors (Lipinski definition) is 2. The molecule has 0 aromatic heterocycles. The summed E-state index contributed by atoms with van der Waals surface area (Å²) in [5.74, 6) is 0. The molecule has 0 aliphatic carbocycles. The minimum absolute atomic E-state index is 0.671. The van der Waals surface area contributed by atoms with Gasteiger partial charge in [-0.05, 0) is 23.6 Å². The zero-order valence-electron chi connectivity index (χ0n) is 8.67. The van der Waals surface area contributed by atoms with Crippen molar-refractivity contribution in [1.82, 2.24) is 10.2 Å². The minimum atomic E-state index is 0.671. The topological polar surface area (TPSA) is 15.3 Å². The van der Waals surface area contributed by atoms with Crippen LogP contribution in [0.3, 0.4) is 0 Å². The average Bonchev–Trinajstić information content (AvgIpc) is 2.27. The Labute approximate surface area is 95.2 Å². The summed E-state index contributed by atoms with van der Waals surface area (Å²) in [6.07, 6.45) is 1.14. The van der Waals surface area contributed by atoms with Crippen molar-refractivity contribution in [3.63, 3.8) is 0 Å². The zero-order chi connectivity index (χ0) is 10.3. The lowest BCUT2D eigenvalue weighted by Crippen LogP contribution is -2.53. The first kappa shape index (κ1) is 9.64. The van der Waals surface area contributed by atoms with Crippen LogP contribution in [-0.4, -0.2) is 30.6 Å². The van der Waals surface area contributed by atoms with Crippen LogP contribution < -0.4 is 5.32 Å². The third-order valence-electron chi connectivity index (χ3n) is 3.50. The summed E-state index contributed by atoms with van der Waals surface area (Å²) < 4.78 is 0. The van der Waals surface area contributed by atoms with Gasteiger partial charge < -0.3 is 5.32 Å². The lowest BCUT2D eigenvalue weighted by atomic mass is 9.93. The van der Waals surface area contributed by atoms with Crippen LogP contribution >= 0.6 is 11.6 Å². The van der Waals surface area contributed by atoms with Gasteiger partial charge in [0.15, 0.2) is 0 Å². The van der Waals surface area contributed by atoms with Crippen molar-refractivity contribution in [2.75, 3.05) is 19.6 Å². The quantitative estimate of drug-likeness (QED) is 0.719. The van der Waals surface area contributed by atoms with Gasteiger partial charge in [0.05, 0.1) is 0 Å². The number of halogens is 1. The molecule has 2 aliphatic rings. The number of hydrogen-bond donors (Lipinski definition) is 1. The van der Waals surface area contributed by atoms with E-state index in [4.69, 9.17) is 11.6 Å². The fraction of sp³-hybridized carbons (Fsp3) is 0.500. The van der Waals surface area contributed by atoms with Crippen molar-refractivity contribution in [2.24, 2.45) is 0 Å². The van der Waals surface area contributed by atoms with E-state index in [0.29, 0.717) is 6.04 Å². The Hall–Kier alpha value is -0.570. The molecule has 1 unspecified atom stereocenters. The molecule has 2 nitrogen and oxygen atoms in total. The van der Waals surface area contributed by atoms with Crippen molar-refractivity contribution >= 4 is 11.6 Å². The van der Waals surface area contributed by atoms with Crippen molar-refractivity contribution in [1.29, 1.82) is 0 Å². The Balaban J connectivity index is 1.95. The molecule has 2 aliphatic heterocycles. The third-order valence-corrected chi connectivity index (χ3v) is 3.86. The second kappa shape index (κ2) is 3.78. The molecule has 0 saturated carbocycles. The van der Waals surface area contributed by atoms with Crippen molar-refractivity contribution in [3.8, 4) is 0 Å². The molecule has 0 radical (unpaired) electrons. The maximum atomic E-state index is 6.23. The standard InChI is InChI=1S/C12H15ClN2/c13-12-3-1-2-9-6-10-7-14-4-5-15(10)8-11(9)12/h1-3,10,14H,4-8H2. The Bertz CT molecular complexity index is 378. The molecule has 80 valence electrons. The number of fused-ring (bicyclic) bond motifs is 2. The Morgan fingerprint density at radius 2 is 2.33 bits per heavy atom. The van der Waals surface area contributed by atoms with E-state index in [-0.39, 0.29) is 0 Å². The molecule has 15 heavy (non-hydrogen) atoms. The molecule has 3 heteroatoms. The molecular weight excluding hydrogens is 208 g/mol. The van der Waals surface area contributed by atoms with Crippen LogP contribution in [0.4, 0.5) is 0 Å². The van der Waals surface area contributed by atoms with E-state index in [1.807, 2.05) is 6.07 Å². The number of nitrogens with one attached hydrogen (secondary N) is 1. The molecule has 1 atom stereocenters. The number of piperazine rings is 1. The molecule has 1 aromatic rings. The Kier molecular flexibility index (Phi) is 2.43. The largest absolute Gasteiger partial charge is 0.314 e. The smallest absolute Gasteiger partial charge is 0.0453 e. The van der Waals surface area contributed by atoms with Gasteiger partial charge in [-0.25, -0.2) is 0 Å². The highest BCUT2D eigenvalue weighted by Gasteiger charge is 2.28. The van der Waals surface area contributed by atoms with Crippen molar-refractivity contribution < 1.29 is 0 Å². The second-order valence-corrected chi connectivity index (χ2v) is 4.82. The minimum Gasteiger partial charge on any atom is -0.314 e. The lowest BCUT2D eigenvalue weighted by Gasteiger charge is -2.40. The van der Waals surface area contributed by atoms with Crippen LogP contribution in [0.15, 0.2) is 18.2 Å². The molecule has 1 N–H and O–H groups in total. The molecule has 3 rings (SSSR count). The Morgan fingerprint density at radius 1 is 1.40 bits per heavy atom. The van der Waals surface area contributed by atoms with Gasteiger partial charge in [0.2, 0.25) is 0 Å². The van der Waals surface area contributed by atoms with Crippen LogP contribution in [0, 0.1) is 0 Å². The van der Waals surface area contributed by atoms with Crippen LogP contribution in [-0.2, 0) is 13.0 Å². The summed E-state index contributed by atoms with van der Waals surface area (Å²) in [5.41, 5.74) is 2.78. The van der Waals surface area contributed by atoms with E-state index >= 15 is 0 Å². The fourth-order valence-corrected chi connectivity index (χ4v) is 2.89. The summed E-state index contributed by atoms with van der Waals surface area (Å²) in [7, 11) is 0. The zero-order valence-corrected chi connectivity index (χ0v) is 9.43. The monoisotopic (exact) mass is 222 g/mol. The second-order valence-electron chi connectivity index (χ2n) is 4.41. The summed E-state index contributed by atoms with van der Waals surface area (Å²) in [5, 5.41) is 4.39. The summed E-state index contributed by atoms with van der Waals surface area (Å²) in [6.45, 7) is 4.40. The molecular formula is C12H15ClN2. The van der Waals surface area contributed by atoms with E-state index in [9.17, 15) is 0 Å². The van der Waals surface area contributed by atoms with Gasteiger partial charge in [-0.15, -0.1) is 0 Å². The van der Waals surface area contributed by atoms with Gasteiger partial charge in [0.25, 0.3) is 0 Å².